The van der Waals surface area contributed by atoms with Crippen molar-refractivity contribution >= 4 is 33.2 Å². The number of halogens is 1. The van der Waals surface area contributed by atoms with E-state index in [1.807, 2.05) is 25.1 Å². The molecule has 0 aromatic heterocycles. The number of hydrogen-bond acceptors (Lipinski definition) is 2. The van der Waals surface area contributed by atoms with Crippen LogP contribution in [-0.4, -0.2) is 17.3 Å². The molecule has 1 fully saturated rings. The first-order valence-electron chi connectivity index (χ1n) is 4.88. The maximum atomic E-state index is 11.7. The van der Waals surface area contributed by atoms with Crippen LogP contribution in [0.25, 0.3) is 0 Å². The van der Waals surface area contributed by atoms with Crippen molar-refractivity contribution < 1.29 is 4.79 Å². The molecule has 0 radical (unpaired) electrons. The van der Waals surface area contributed by atoms with E-state index in [-0.39, 0.29) is 10.7 Å². The number of hydrogen-bond donors (Lipinski definition) is 1. The zero-order valence-corrected chi connectivity index (χ0v) is 10.1. The van der Waals surface area contributed by atoms with Crippen LogP contribution < -0.4 is 10.6 Å². The minimum atomic E-state index is 0.132. The molecular formula is C11H13BrN2O. The van der Waals surface area contributed by atoms with Crippen LogP contribution >= 0.6 is 15.9 Å². The van der Waals surface area contributed by atoms with Crippen molar-refractivity contribution in [1.29, 1.82) is 0 Å². The molecule has 1 amide bonds. The third-order valence-corrected chi connectivity index (χ3v) is 3.16. The van der Waals surface area contributed by atoms with Crippen molar-refractivity contribution in [3.8, 4) is 0 Å². The van der Waals surface area contributed by atoms with Gasteiger partial charge in [0.25, 0.3) is 0 Å². The predicted octanol–water partition coefficient (Wildman–Crippen LogP) is 2.08. The van der Waals surface area contributed by atoms with E-state index >= 15 is 0 Å². The minimum Gasteiger partial charge on any atom is -0.397 e. The number of carbonyl (C=O) groups is 1. The van der Waals surface area contributed by atoms with E-state index in [0.717, 1.165) is 11.3 Å². The Morgan fingerprint density at radius 1 is 1.53 bits per heavy atom. The van der Waals surface area contributed by atoms with E-state index in [2.05, 4.69) is 15.9 Å². The molecule has 0 spiro atoms. The summed E-state index contributed by atoms with van der Waals surface area (Å²) in [6.45, 7) is 2.69. The molecule has 0 bridgehead atoms. The lowest BCUT2D eigenvalue weighted by atomic mass is 10.2. The van der Waals surface area contributed by atoms with Gasteiger partial charge in [-0.3, -0.25) is 4.79 Å². The number of benzene rings is 1. The molecule has 1 aromatic rings. The smallest absolute Gasteiger partial charge is 0.228 e. The number of aryl methyl sites for hydroxylation is 1. The average Bonchev–Trinajstić information content (AvgIpc) is 2.45. The molecule has 1 saturated heterocycles. The monoisotopic (exact) mass is 268 g/mol. The lowest BCUT2D eigenvalue weighted by molar-refractivity contribution is -0.117. The highest BCUT2D eigenvalue weighted by Crippen LogP contribution is 2.30. The Bertz CT molecular complexity index is 406. The van der Waals surface area contributed by atoms with Crippen LogP contribution in [0.2, 0.25) is 0 Å². The molecule has 0 aliphatic carbocycles. The fourth-order valence-corrected chi connectivity index (χ4v) is 2.38. The second-order valence-corrected chi connectivity index (χ2v) is 5.16. The first-order valence-corrected chi connectivity index (χ1v) is 5.80. The summed E-state index contributed by atoms with van der Waals surface area (Å²) in [5, 5.41) is 0. The van der Waals surface area contributed by atoms with Crippen molar-refractivity contribution in [2.24, 2.45) is 0 Å². The van der Waals surface area contributed by atoms with E-state index in [1.165, 1.54) is 0 Å². The van der Waals surface area contributed by atoms with Gasteiger partial charge in [-0.05, 0) is 24.6 Å². The molecule has 15 heavy (non-hydrogen) atoms. The van der Waals surface area contributed by atoms with Crippen LogP contribution in [0.4, 0.5) is 11.4 Å². The van der Waals surface area contributed by atoms with Gasteiger partial charge in [0, 0.05) is 17.8 Å². The van der Waals surface area contributed by atoms with Crippen molar-refractivity contribution in [3.63, 3.8) is 0 Å². The van der Waals surface area contributed by atoms with E-state index < -0.39 is 0 Å². The van der Waals surface area contributed by atoms with Crippen LogP contribution in [0, 0.1) is 6.92 Å². The van der Waals surface area contributed by atoms with Gasteiger partial charge in [-0.25, -0.2) is 0 Å². The summed E-state index contributed by atoms with van der Waals surface area (Å²) < 4.78 is 0. The van der Waals surface area contributed by atoms with Gasteiger partial charge in [-0.15, -0.1) is 0 Å². The van der Waals surface area contributed by atoms with Crippen molar-refractivity contribution in [2.75, 3.05) is 17.2 Å². The van der Waals surface area contributed by atoms with Gasteiger partial charge in [0.15, 0.2) is 0 Å². The number of nitrogens with two attached hydrogens (primary N) is 1. The van der Waals surface area contributed by atoms with Crippen LogP contribution in [-0.2, 0) is 4.79 Å². The Morgan fingerprint density at radius 3 is 2.80 bits per heavy atom. The zero-order chi connectivity index (χ0) is 11.0. The summed E-state index contributed by atoms with van der Waals surface area (Å²) in [7, 11) is 0. The molecule has 1 atom stereocenters. The molecule has 80 valence electrons. The second kappa shape index (κ2) is 3.85. The number of nitrogen functional groups attached to an aromatic ring is 1. The maximum Gasteiger partial charge on any atom is 0.228 e. The van der Waals surface area contributed by atoms with E-state index in [1.54, 1.807) is 4.90 Å². The normalized spacial score (nSPS) is 21.1. The minimum absolute atomic E-state index is 0.132. The molecule has 4 heteroatoms. The van der Waals surface area contributed by atoms with Crippen LogP contribution in [0.5, 0.6) is 0 Å². The Kier molecular flexibility index (Phi) is 2.69. The third kappa shape index (κ3) is 2.00. The van der Waals surface area contributed by atoms with Crippen LogP contribution in [0.1, 0.15) is 12.0 Å². The van der Waals surface area contributed by atoms with Gasteiger partial charge < -0.3 is 10.6 Å². The SMILES string of the molecule is Cc1ccc(N2CC(Br)CC2=O)c(N)c1. The Morgan fingerprint density at radius 2 is 2.27 bits per heavy atom. The molecule has 1 unspecified atom stereocenters. The highest BCUT2D eigenvalue weighted by molar-refractivity contribution is 9.09. The predicted molar refractivity (Wildman–Crippen MR) is 65.3 cm³/mol. The zero-order valence-electron chi connectivity index (χ0n) is 8.53. The van der Waals surface area contributed by atoms with E-state index in [0.29, 0.717) is 18.7 Å². The topological polar surface area (TPSA) is 46.3 Å². The molecule has 1 aliphatic heterocycles. The van der Waals surface area contributed by atoms with Gasteiger partial charge >= 0.3 is 0 Å². The van der Waals surface area contributed by atoms with Gasteiger partial charge in [0.05, 0.1) is 11.4 Å². The number of rotatable bonds is 1. The third-order valence-electron chi connectivity index (χ3n) is 2.55. The molecular weight excluding hydrogens is 256 g/mol. The molecule has 1 aliphatic rings. The van der Waals surface area contributed by atoms with E-state index in [4.69, 9.17) is 5.73 Å². The number of anilines is 2. The number of amides is 1. The van der Waals surface area contributed by atoms with Gasteiger partial charge in [0.1, 0.15) is 0 Å². The molecule has 1 aromatic carbocycles. The lowest BCUT2D eigenvalue weighted by Crippen LogP contribution is -2.25. The van der Waals surface area contributed by atoms with Gasteiger partial charge in [-0.1, -0.05) is 22.0 Å². The first-order chi connectivity index (χ1) is 7.08. The second-order valence-electron chi connectivity index (χ2n) is 3.87. The van der Waals surface area contributed by atoms with Gasteiger partial charge in [-0.2, -0.15) is 0 Å². The summed E-state index contributed by atoms with van der Waals surface area (Å²) >= 11 is 3.45. The molecule has 0 saturated carbocycles. The van der Waals surface area contributed by atoms with Gasteiger partial charge in [0.2, 0.25) is 5.91 Å². The Balaban J connectivity index is 2.34. The largest absolute Gasteiger partial charge is 0.397 e. The van der Waals surface area contributed by atoms with Crippen molar-refractivity contribution in [1.82, 2.24) is 0 Å². The van der Waals surface area contributed by atoms with Crippen molar-refractivity contribution in [3.05, 3.63) is 23.8 Å². The fraction of sp³-hybridized carbons (Fsp3) is 0.364. The van der Waals surface area contributed by atoms with Crippen molar-refractivity contribution in [2.45, 2.75) is 18.2 Å². The highest BCUT2D eigenvalue weighted by atomic mass is 79.9. The summed E-state index contributed by atoms with van der Waals surface area (Å²) in [5.41, 5.74) is 8.51. The quantitative estimate of drug-likeness (QED) is 0.626. The summed E-state index contributed by atoms with van der Waals surface area (Å²) in [5.74, 6) is 0.132. The Labute approximate surface area is 97.4 Å². The molecule has 3 nitrogen and oxygen atoms in total. The summed E-state index contributed by atoms with van der Waals surface area (Å²) in [6, 6.07) is 5.78. The summed E-state index contributed by atoms with van der Waals surface area (Å²) in [6.07, 6.45) is 0.549. The lowest BCUT2D eigenvalue weighted by Gasteiger charge is -2.18. The number of alkyl halides is 1. The Hall–Kier alpha value is -1.03. The van der Waals surface area contributed by atoms with E-state index in [9.17, 15) is 4.79 Å². The van der Waals surface area contributed by atoms with Crippen LogP contribution in [0.15, 0.2) is 18.2 Å². The van der Waals surface area contributed by atoms with Crippen LogP contribution in [0.3, 0.4) is 0 Å². The number of nitrogens with zero attached hydrogens (tertiary/aromatic N) is 1. The first kappa shape index (κ1) is 10.5. The highest BCUT2D eigenvalue weighted by Gasteiger charge is 2.29. The molecule has 2 N–H and O–H groups in total. The average molecular weight is 269 g/mol. The number of carbonyl (C=O) groups excluding carboxylic acids is 1. The summed E-state index contributed by atoms with van der Waals surface area (Å²) in [4.78, 5) is 13.6. The maximum absolute atomic E-state index is 11.7. The molecule has 1 heterocycles. The molecule has 2 rings (SSSR count). The standard InChI is InChI=1S/C11H13BrN2O/c1-7-2-3-10(9(13)4-7)14-6-8(12)5-11(14)15/h2-4,8H,5-6,13H2,1H3. The fourth-order valence-electron chi connectivity index (χ4n) is 1.82.